The zero-order chi connectivity index (χ0) is 14.0. The number of nitrogens with zero attached hydrogens (tertiary/aromatic N) is 1. The van der Waals surface area contributed by atoms with Crippen molar-refractivity contribution in [2.75, 3.05) is 20.7 Å². The van der Waals surface area contributed by atoms with E-state index in [1.165, 1.54) is 11.0 Å². The second-order valence-corrected chi connectivity index (χ2v) is 4.27. The minimum absolute atomic E-state index is 0.234. The van der Waals surface area contributed by atoms with E-state index in [9.17, 15) is 9.59 Å². The molecule has 0 aliphatic heterocycles. The highest BCUT2D eigenvalue weighted by atomic mass is 16.5. The molecule has 0 saturated heterocycles. The topological polar surface area (TPSA) is 59.8 Å². The number of hydrogen-bond donors (Lipinski definition) is 0. The molecule has 1 amide bonds. The quantitative estimate of drug-likeness (QED) is 0.792. The number of rotatable bonds is 3. The molecule has 0 aliphatic carbocycles. The normalized spacial score (nSPS) is 10.5. The average Bonchev–Trinajstić information content (AvgIpc) is 2.36. The molecular formula is C14H15NO4. The van der Waals surface area contributed by atoms with Crippen molar-refractivity contribution in [1.82, 2.24) is 4.90 Å². The van der Waals surface area contributed by atoms with Gasteiger partial charge in [0.15, 0.2) is 0 Å². The fourth-order valence-electron chi connectivity index (χ4n) is 1.82. The molecule has 2 aromatic rings. The molecule has 5 nitrogen and oxygen atoms in total. The molecule has 0 unspecified atom stereocenters. The van der Waals surface area contributed by atoms with Crippen LogP contribution in [0.5, 0.6) is 5.75 Å². The van der Waals surface area contributed by atoms with Gasteiger partial charge in [0, 0.05) is 31.6 Å². The lowest BCUT2D eigenvalue weighted by Crippen LogP contribution is -2.23. The molecule has 0 atom stereocenters. The number of ether oxygens (including phenoxy) is 1. The number of carbonyl (C=O) groups is 1. The minimum atomic E-state index is -0.550. The number of carbonyl (C=O) groups excluding carboxylic acids is 1. The maximum absolute atomic E-state index is 12.0. The Balaban J connectivity index is 2.65. The van der Waals surface area contributed by atoms with E-state index in [0.29, 0.717) is 28.9 Å². The van der Waals surface area contributed by atoms with E-state index in [-0.39, 0.29) is 5.91 Å². The molecule has 0 fully saturated rings. The molecule has 0 bridgehead atoms. The van der Waals surface area contributed by atoms with Crippen molar-refractivity contribution in [3.63, 3.8) is 0 Å². The van der Waals surface area contributed by atoms with Gasteiger partial charge < -0.3 is 14.1 Å². The number of fused-ring (bicyclic) bond motifs is 1. The molecule has 0 radical (unpaired) electrons. The van der Waals surface area contributed by atoms with Gasteiger partial charge in [-0.15, -0.1) is 0 Å². The lowest BCUT2D eigenvalue weighted by molar-refractivity contribution is 0.0829. The third kappa shape index (κ3) is 2.59. The Kier molecular flexibility index (Phi) is 3.55. The SMILES string of the molecule is CCOc1ccc2c(C(=O)N(C)C)cc(=O)oc2c1. The summed E-state index contributed by atoms with van der Waals surface area (Å²) in [5.41, 5.74) is 0.134. The molecule has 2 rings (SSSR count). The maximum Gasteiger partial charge on any atom is 0.337 e. The molecule has 1 aromatic heterocycles. The first-order valence-electron chi connectivity index (χ1n) is 5.95. The molecule has 5 heteroatoms. The van der Waals surface area contributed by atoms with Gasteiger partial charge in [-0.1, -0.05) is 0 Å². The van der Waals surface area contributed by atoms with E-state index < -0.39 is 5.63 Å². The summed E-state index contributed by atoms with van der Waals surface area (Å²) in [7, 11) is 3.27. The van der Waals surface area contributed by atoms with Crippen LogP contribution in [-0.4, -0.2) is 31.5 Å². The van der Waals surface area contributed by atoms with Gasteiger partial charge in [-0.05, 0) is 19.1 Å². The van der Waals surface area contributed by atoms with Crippen LogP contribution in [0, 0.1) is 0 Å². The Hall–Kier alpha value is -2.30. The van der Waals surface area contributed by atoms with Crippen LogP contribution in [0.4, 0.5) is 0 Å². The van der Waals surface area contributed by atoms with Gasteiger partial charge in [0.25, 0.3) is 5.91 Å². The van der Waals surface area contributed by atoms with Gasteiger partial charge in [-0.25, -0.2) is 4.79 Å². The van der Waals surface area contributed by atoms with Crippen LogP contribution < -0.4 is 10.4 Å². The third-order valence-electron chi connectivity index (χ3n) is 2.66. The molecule has 0 aliphatic rings. The van der Waals surface area contributed by atoms with Gasteiger partial charge in [0.1, 0.15) is 11.3 Å². The molecule has 100 valence electrons. The molecule has 1 heterocycles. The predicted molar refractivity (Wildman–Crippen MR) is 71.7 cm³/mol. The van der Waals surface area contributed by atoms with Gasteiger partial charge in [-0.2, -0.15) is 0 Å². The molecule has 0 saturated carbocycles. The van der Waals surface area contributed by atoms with Crippen molar-refractivity contribution in [3.8, 4) is 5.75 Å². The first-order valence-corrected chi connectivity index (χ1v) is 5.95. The number of hydrogen-bond acceptors (Lipinski definition) is 4. The van der Waals surface area contributed by atoms with E-state index in [4.69, 9.17) is 9.15 Å². The molecule has 19 heavy (non-hydrogen) atoms. The minimum Gasteiger partial charge on any atom is -0.494 e. The smallest absolute Gasteiger partial charge is 0.337 e. The van der Waals surface area contributed by atoms with Crippen molar-refractivity contribution < 1.29 is 13.9 Å². The monoisotopic (exact) mass is 261 g/mol. The summed E-state index contributed by atoms with van der Waals surface area (Å²) in [5, 5.41) is 0.599. The largest absolute Gasteiger partial charge is 0.494 e. The summed E-state index contributed by atoms with van der Waals surface area (Å²) >= 11 is 0. The van der Waals surface area contributed by atoms with E-state index in [1.807, 2.05) is 6.92 Å². The van der Waals surface area contributed by atoms with Crippen LogP contribution in [0.2, 0.25) is 0 Å². The van der Waals surface area contributed by atoms with Crippen LogP contribution in [0.1, 0.15) is 17.3 Å². The van der Waals surface area contributed by atoms with Crippen molar-refractivity contribution in [2.45, 2.75) is 6.92 Å². The van der Waals surface area contributed by atoms with Gasteiger partial charge in [0.05, 0.1) is 12.2 Å². The fraction of sp³-hybridized carbons (Fsp3) is 0.286. The van der Waals surface area contributed by atoms with Crippen molar-refractivity contribution >= 4 is 16.9 Å². The van der Waals surface area contributed by atoms with Crippen molar-refractivity contribution in [2.24, 2.45) is 0 Å². The third-order valence-corrected chi connectivity index (χ3v) is 2.66. The fourth-order valence-corrected chi connectivity index (χ4v) is 1.82. The lowest BCUT2D eigenvalue weighted by atomic mass is 10.1. The summed E-state index contributed by atoms with van der Waals surface area (Å²) in [6, 6.07) is 6.30. The van der Waals surface area contributed by atoms with Gasteiger partial charge >= 0.3 is 5.63 Å². The summed E-state index contributed by atoms with van der Waals surface area (Å²) in [6.07, 6.45) is 0. The van der Waals surface area contributed by atoms with Crippen LogP contribution >= 0.6 is 0 Å². The zero-order valence-electron chi connectivity index (χ0n) is 11.1. The maximum atomic E-state index is 12.0. The average molecular weight is 261 g/mol. The van der Waals surface area contributed by atoms with Crippen LogP contribution in [0.15, 0.2) is 33.5 Å². The van der Waals surface area contributed by atoms with Crippen molar-refractivity contribution in [1.29, 1.82) is 0 Å². The Labute approximate surface area is 110 Å². The highest BCUT2D eigenvalue weighted by Gasteiger charge is 2.15. The van der Waals surface area contributed by atoms with Crippen LogP contribution in [0.25, 0.3) is 11.0 Å². The highest BCUT2D eigenvalue weighted by Crippen LogP contribution is 2.23. The van der Waals surface area contributed by atoms with Crippen LogP contribution in [0.3, 0.4) is 0 Å². The first kappa shape index (κ1) is 13.1. The van der Waals surface area contributed by atoms with E-state index in [2.05, 4.69) is 0 Å². The second kappa shape index (κ2) is 5.14. The number of amides is 1. The highest BCUT2D eigenvalue weighted by molar-refractivity contribution is 6.05. The summed E-state index contributed by atoms with van der Waals surface area (Å²) in [5.74, 6) is 0.370. The molecule has 0 N–H and O–H groups in total. The Morgan fingerprint density at radius 1 is 1.32 bits per heavy atom. The Morgan fingerprint density at radius 3 is 2.68 bits per heavy atom. The van der Waals surface area contributed by atoms with Crippen molar-refractivity contribution in [3.05, 3.63) is 40.2 Å². The summed E-state index contributed by atoms with van der Waals surface area (Å²) in [4.78, 5) is 25.0. The molecular weight excluding hydrogens is 246 g/mol. The van der Waals surface area contributed by atoms with E-state index >= 15 is 0 Å². The predicted octanol–water partition coefficient (Wildman–Crippen LogP) is 1.89. The van der Waals surface area contributed by atoms with Gasteiger partial charge in [-0.3, -0.25) is 4.79 Å². The number of benzene rings is 1. The van der Waals surface area contributed by atoms with E-state index in [1.54, 1.807) is 32.3 Å². The lowest BCUT2D eigenvalue weighted by Gasteiger charge is -2.12. The first-order chi connectivity index (χ1) is 9.02. The zero-order valence-corrected chi connectivity index (χ0v) is 11.1. The van der Waals surface area contributed by atoms with Gasteiger partial charge in [0.2, 0.25) is 0 Å². The molecule has 0 spiro atoms. The standard InChI is InChI=1S/C14H15NO4/c1-4-18-9-5-6-10-11(14(17)15(2)3)8-13(16)19-12(10)7-9/h5-8H,4H2,1-3H3. The molecule has 1 aromatic carbocycles. The Bertz CT molecular complexity index is 673. The summed E-state index contributed by atoms with van der Waals surface area (Å²) in [6.45, 7) is 2.39. The second-order valence-electron chi connectivity index (χ2n) is 4.27. The van der Waals surface area contributed by atoms with E-state index in [0.717, 1.165) is 0 Å². The van der Waals surface area contributed by atoms with Crippen LogP contribution in [-0.2, 0) is 0 Å². The Morgan fingerprint density at radius 2 is 2.05 bits per heavy atom. The summed E-state index contributed by atoms with van der Waals surface area (Å²) < 4.78 is 10.5.